The highest BCUT2D eigenvalue weighted by molar-refractivity contribution is 5.16. The summed E-state index contributed by atoms with van der Waals surface area (Å²) in [5, 5.41) is 8.64. The lowest BCUT2D eigenvalue weighted by atomic mass is 10.1. The van der Waals surface area contributed by atoms with Crippen molar-refractivity contribution in [3.63, 3.8) is 0 Å². The highest BCUT2D eigenvalue weighted by Crippen LogP contribution is 2.14. The standard InChI is InChI=1S/C11H12F2O/c12-11(13)10(8-14)7-6-9-4-2-1-3-5-9/h1-5,14H,6-8H2. The van der Waals surface area contributed by atoms with Crippen molar-refractivity contribution in [3.05, 3.63) is 47.5 Å². The van der Waals surface area contributed by atoms with Crippen molar-refractivity contribution in [2.24, 2.45) is 0 Å². The molecule has 76 valence electrons. The second-order valence-electron chi connectivity index (χ2n) is 3.01. The quantitative estimate of drug-likeness (QED) is 0.788. The fourth-order valence-corrected chi connectivity index (χ4v) is 1.17. The number of hydrogen-bond donors (Lipinski definition) is 1. The van der Waals surface area contributed by atoms with Crippen molar-refractivity contribution in [2.45, 2.75) is 12.8 Å². The summed E-state index contributed by atoms with van der Waals surface area (Å²) in [4.78, 5) is 0. The molecule has 0 spiro atoms. The molecule has 14 heavy (non-hydrogen) atoms. The summed E-state index contributed by atoms with van der Waals surface area (Å²) in [5.41, 5.74) is 0.827. The Kier molecular flexibility index (Phi) is 4.26. The zero-order chi connectivity index (χ0) is 10.4. The molecule has 3 heteroatoms. The highest BCUT2D eigenvalue weighted by Gasteiger charge is 2.04. The molecule has 0 fully saturated rings. The lowest BCUT2D eigenvalue weighted by Crippen LogP contribution is -1.95. The van der Waals surface area contributed by atoms with Crippen LogP contribution in [0, 0.1) is 0 Å². The Morgan fingerprint density at radius 1 is 1.14 bits per heavy atom. The fraction of sp³-hybridized carbons (Fsp3) is 0.273. The van der Waals surface area contributed by atoms with Gasteiger partial charge in [-0.3, -0.25) is 0 Å². The van der Waals surface area contributed by atoms with E-state index in [1.807, 2.05) is 30.3 Å². The Hall–Kier alpha value is -1.22. The van der Waals surface area contributed by atoms with Gasteiger partial charge < -0.3 is 5.11 Å². The third-order valence-corrected chi connectivity index (χ3v) is 2.02. The number of halogens is 2. The summed E-state index contributed by atoms with van der Waals surface area (Å²) >= 11 is 0. The van der Waals surface area contributed by atoms with E-state index in [2.05, 4.69) is 0 Å². The minimum absolute atomic E-state index is 0.172. The Morgan fingerprint density at radius 2 is 1.79 bits per heavy atom. The summed E-state index contributed by atoms with van der Waals surface area (Å²) in [6.07, 6.45) is -1.01. The summed E-state index contributed by atoms with van der Waals surface area (Å²) in [6.45, 7) is -0.560. The van der Waals surface area contributed by atoms with Crippen LogP contribution in [0.5, 0.6) is 0 Å². The first-order valence-corrected chi connectivity index (χ1v) is 4.42. The van der Waals surface area contributed by atoms with Crippen LogP contribution in [0.3, 0.4) is 0 Å². The van der Waals surface area contributed by atoms with Crippen LogP contribution in [0.15, 0.2) is 42.0 Å². The van der Waals surface area contributed by atoms with E-state index in [-0.39, 0.29) is 12.0 Å². The molecule has 0 heterocycles. The van der Waals surface area contributed by atoms with Gasteiger partial charge in [0, 0.05) is 5.57 Å². The maximum atomic E-state index is 12.1. The molecular weight excluding hydrogens is 186 g/mol. The van der Waals surface area contributed by atoms with E-state index < -0.39 is 12.7 Å². The number of hydrogen-bond acceptors (Lipinski definition) is 1. The van der Waals surface area contributed by atoms with Gasteiger partial charge in [0.2, 0.25) is 0 Å². The Balaban J connectivity index is 2.53. The average molecular weight is 198 g/mol. The molecule has 0 radical (unpaired) electrons. The first-order chi connectivity index (χ1) is 6.74. The van der Waals surface area contributed by atoms with Crippen molar-refractivity contribution in [3.8, 4) is 0 Å². The number of aliphatic hydroxyl groups is 1. The van der Waals surface area contributed by atoms with Crippen LogP contribution in [0.1, 0.15) is 12.0 Å². The molecule has 0 atom stereocenters. The van der Waals surface area contributed by atoms with Crippen molar-refractivity contribution < 1.29 is 13.9 Å². The molecule has 0 saturated carbocycles. The summed E-state index contributed by atoms with van der Waals surface area (Å²) in [5.74, 6) is 0. The smallest absolute Gasteiger partial charge is 0.271 e. The average Bonchev–Trinajstić information content (AvgIpc) is 2.20. The molecule has 0 aromatic heterocycles. The van der Waals surface area contributed by atoms with E-state index in [0.29, 0.717) is 6.42 Å². The van der Waals surface area contributed by atoms with Crippen LogP contribution in [0.4, 0.5) is 8.78 Å². The zero-order valence-corrected chi connectivity index (χ0v) is 7.71. The predicted octanol–water partition coefficient (Wildman–Crippen LogP) is 2.76. The topological polar surface area (TPSA) is 20.2 Å². The SMILES string of the molecule is OCC(CCc1ccccc1)=C(F)F. The molecule has 0 aliphatic carbocycles. The number of aryl methyl sites for hydroxylation is 1. The largest absolute Gasteiger partial charge is 0.392 e. The van der Waals surface area contributed by atoms with Crippen LogP contribution in [-0.2, 0) is 6.42 Å². The molecule has 1 N–H and O–H groups in total. The summed E-state index contributed by atoms with van der Waals surface area (Å²) in [7, 11) is 0. The maximum absolute atomic E-state index is 12.1. The lowest BCUT2D eigenvalue weighted by Gasteiger charge is -2.02. The molecule has 0 amide bonds. The second kappa shape index (κ2) is 5.50. The fourth-order valence-electron chi connectivity index (χ4n) is 1.17. The van der Waals surface area contributed by atoms with Crippen molar-refractivity contribution in [1.82, 2.24) is 0 Å². The first-order valence-electron chi connectivity index (χ1n) is 4.42. The van der Waals surface area contributed by atoms with Crippen LogP contribution < -0.4 is 0 Å². The van der Waals surface area contributed by atoms with Gasteiger partial charge in [-0.05, 0) is 18.4 Å². The van der Waals surface area contributed by atoms with E-state index in [1.54, 1.807) is 0 Å². The lowest BCUT2D eigenvalue weighted by molar-refractivity contribution is 0.305. The molecule has 1 rings (SSSR count). The third-order valence-electron chi connectivity index (χ3n) is 2.02. The Bertz CT molecular complexity index is 302. The number of rotatable bonds is 4. The molecule has 0 saturated heterocycles. The molecule has 0 aliphatic heterocycles. The van der Waals surface area contributed by atoms with E-state index in [0.717, 1.165) is 5.56 Å². The van der Waals surface area contributed by atoms with Gasteiger partial charge in [-0.15, -0.1) is 0 Å². The molecule has 0 aliphatic rings. The Labute approximate surface area is 81.7 Å². The monoisotopic (exact) mass is 198 g/mol. The van der Waals surface area contributed by atoms with Crippen molar-refractivity contribution in [1.29, 1.82) is 0 Å². The molecule has 0 unspecified atom stereocenters. The van der Waals surface area contributed by atoms with Gasteiger partial charge in [0.05, 0.1) is 6.61 Å². The first kappa shape index (κ1) is 10.9. The van der Waals surface area contributed by atoms with E-state index in [4.69, 9.17) is 5.11 Å². The van der Waals surface area contributed by atoms with Gasteiger partial charge in [0.25, 0.3) is 6.08 Å². The minimum atomic E-state index is -1.76. The van der Waals surface area contributed by atoms with Crippen LogP contribution in [-0.4, -0.2) is 11.7 Å². The number of benzene rings is 1. The number of aliphatic hydroxyl groups excluding tert-OH is 1. The molecule has 1 nitrogen and oxygen atoms in total. The predicted molar refractivity (Wildman–Crippen MR) is 51.1 cm³/mol. The molecule has 1 aromatic rings. The van der Waals surface area contributed by atoms with Gasteiger partial charge in [0.15, 0.2) is 0 Å². The highest BCUT2D eigenvalue weighted by atomic mass is 19.3. The van der Waals surface area contributed by atoms with E-state index in [9.17, 15) is 8.78 Å². The zero-order valence-electron chi connectivity index (χ0n) is 7.71. The minimum Gasteiger partial charge on any atom is -0.392 e. The van der Waals surface area contributed by atoms with Crippen molar-refractivity contribution >= 4 is 0 Å². The summed E-state index contributed by atoms with van der Waals surface area (Å²) < 4.78 is 24.2. The molecular formula is C11H12F2O. The third kappa shape index (κ3) is 3.26. The molecule has 0 bridgehead atoms. The normalized spacial score (nSPS) is 9.93. The van der Waals surface area contributed by atoms with Gasteiger partial charge in [0.1, 0.15) is 0 Å². The van der Waals surface area contributed by atoms with Crippen molar-refractivity contribution in [2.75, 3.05) is 6.61 Å². The second-order valence-corrected chi connectivity index (χ2v) is 3.01. The van der Waals surface area contributed by atoms with Gasteiger partial charge in [-0.2, -0.15) is 8.78 Å². The summed E-state index contributed by atoms with van der Waals surface area (Å²) in [6, 6.07) is 9.37. The van der Waals surface area contributed by atoms with Gasteiger partial charge in [-0.25, -0.2) is 0 Å². The molecule has 1 aromatic carbocycles. The van der Waals surface area contributed by atoms with Crippen LogP contribution in [0.2, 0.25) is 0 Å². The Morgan fingerprint density at radius 3 is 2.29 bits per heavy atom. The van der Waals surface area contributed by atoms with E-state index in [1.165, 1.54) is 0 Å². The van der Waals surface area contributed by atoms with E-state index >= 15 is 0 Å². The van der Waals surface area contributed by atoms with Crippen LogP contribution in [0.25, 0.3) is 0 Å². The maximum Gasteiger partial charge on any atom is 0.271 e. The van der Waals surface area contributed by atoms with Crippen LogP contribution >= 0.6 is 0 Å². The van der Waals surface area contributed by atoms with Gasteiger partial charge >= 0.3 is 0 Å². The van der Waals surface area contributed by atoms with Gasteiger partial charge in [-0.1, -0.05) is 30.3 Å².